The van der Waals surface area contributed by atoms with Crippen LogP contribution in [0.5, 0.6) is 0 Å². The van der Waals surface area contributed by atoms with Gasteiger partial charge in [-0.05, 0) is 18.6 Å². The summed E-state index contributed by atoms with van der Waals surface area (Å²) in [5, 5.41) is 10.2. The first kappa shape index (κ1) is 12.8. The van der Waals surface area contributed by atoms with Gasteiger partial charge >= 0.3 is 0 Å². The topological polar surface area (TPSA) is 54.4 Å². The highest BCUT2D eigenvalue weighted by molar-refractivity contribution is 7.91. The molecule has 1 aromatic carbocycles. The molecule has 2 atom stereocenters. The fourth-order valence-corrected chi connectivity index (χ4v) is 4.06. The zero-order valence-corrected chi connectivity index (χ0v) is 10.5. The van der Waals surface area contributed by atoms with Crippen LogP contribution in [0.3, 0.4) is 0 Å². The lowest BCUT2D eigenvalue weighted by atomic mass is 9.95. The van der Waals surface area contributed by atoms with Crippen LogP contribution in [0.4, 0.5) is 4.39 Å². The number of hydrogen-bond donors (Lipinski definition) is 1. The lowest BCUT2D eigenvalue weighted by Crippen LogP contribution is -2.15. The maximum absolute atomic E-state index is 13.6. The Bertz CT molecular complexity index is 530. The Hall–Kier alpha value is -0.650. The summed E-state index contributed by atoms with van der Waals surface area (Å²) in [5.41, 5.74) is 0.108. The van der Waals surface area contributed by atoms with Gasteiger partial charge in [0.1, 0.15) is 5.82 Å². The molecule has 0 aliphatic carbocycles. The number of rotatable bonds is 2. The molecular weight excluding hydrogens is 267 g/mol. The molecule has 1 aliphatic rings. The quantitative estimate of drug-likeness (QED) is 0.900. The first-order valence-electron chi connectivity index (χ1n) is 5.22. The summed E-state index contributed by atoms with van der Waals surface area (Å²) < 4.78 is 36.1. The number of aliphatic hydroxyl groups is 1. The van der Waals surface area contributed by atoms with E-state index in [-0.39, 0.29) is 22.1 Å². The van der Waals surface area contributed by atoms with Crippen molar-refractivity contribution < 1.29 is 17.9 Å². The Morgan fingerprint density at radius 2 is 2.18 bits per heavy atom. The third-order valence-corrected chi connectivity index (χ3v) is 5.02. The molecule has 0 radical (unpaired) electrons. The van der Waals surface area contributed by atoms with Crippen LogP contribution in [0.1, 0.15) is 18.1 Å². The predicted octanol–water partition coefficient (Wildman–Crippen LogP) is 1.95. The first-order valence-corrected chi connectivity index (χ1v) is 7.42. The largest absolute Gasteiger partial charge is 0.388 e. The van der Waals surface area contributed by atoms with Crippen molar-refractivity contribution in [2.75, 3.05) is 11.5 Å². The molecule has 0 amide bonds. The zero-order valence-electron chi connectivity index (χ0n) is 8.94. The van der Waals surface area contributed by atoms with E-state index in [9.17, 15) is 17.9 Å². The summed E-state index contributed by atoms with van der Waals surface area (Å²) in [6, 6.07) is 3.99. The van der Waals surface area contributed by atoms with Gasteiger partial charge in [0.25, 0.3) is 0 Å². The molecular formula is C11H12ClFO3S. The Balaban J connectivity index is 2.23. The van der Waals surface area contributed by atoms with Gasteiger partial charge in [0, 0.05) is 16.5 Å². The molecule has 1 saturated heterocycles. The summed E-state index contributed by atoms with van der Waals surface area (Å²) in [6.07, 6.45) is -0.726. The zero-order chi connectivity index (χ0) is 12.6. The number of hydrogen-bond acceptors (Lipinski definition) is 3. The normalized spacial score (nSPS) is 24.8. The van der Waals surface area contributed by atoms with E-state index in [1.165, 1.54) is 12.1 Å². The monoisotopic (exact) mass is 278 g/mol. The van der Waals surface area contributed by atoms with Gasteiger partial charge in [-0.1, -0.05) is 17.7 Å². The van der Waals surface area contributed by atoms with Crippen molar-refractivity contribution in [2.45, 2.75) is 12.5 Å². The number of benzene rings is 1. The van der Waals surface area contributed by atoms with Gasteiger partial charge in [0.2, 0.25) is 0 Å². The molecule has 0 bridgehead atoms. The smallest absolute Gasteiger partial charge is 0.150 e. The highest BCUT2D eigenvalue weighted by Crippen LogP contribution is 2.33. The second kappa shape index (κ2) is 4.55. The molecule has 1 aromatic rings. The minimum atomic E-state index is -3.08. The van der Waals surface area contributed by atoms with Crippen molar-refractivity contribution in [3.63, 3.8) is 0 Å². The standard InChI is InChI=1S/C11H12ClFO3S/c12-8-1-2-9(10(13)5-8)11(14)7-3-4-17(15,16)6-7/h1-2,5,7,11,14H,3-4,6H2. The van der Waals surface area contributed by atoms with Gasteiger partial charge < -0.3 is 5.11 Å². The molecule has 1 fully saturated rings. The van der Waals surface area contributed by atoms with Crippen molar-refractivity contribution >= 4 is 21.4 Å². The van der Waals surface area contributed by atoms with E-state index >= 15 is 0 Å². The Kier molecular flexibility index (Phi) is 3.43. The van der Waals surface area contributed by atoms with Crippen molar-refractivity contribution in [3.8, 4) is 0 Å². The minimum Gasteiger partial charge on any atom is -0.388 e. The average Bonchev–Trinajstić information content (AvgIpc) is 2.58. The van der Waals surface area contributed by atoms with Crippen molar-refractivity contribution in [1.82, 2.24) is 0 Å². The van der Waals surface area contributed by atoms with E-state index in [1.807, 2.05) is 0 Å². The van der Waals surface area contributed by atoms with E-state index in [0.29, 0.717) is 6.42 Å². The summed E-state index contributed by atoms with van der Waals surface area (Å²) >= 11 is 5.61. The van der Waals surface area contributed by atoms with Crippen LogP contribution >= 0.6 is 11.6 Å². The van der Waals surface area contributed by atoms with Gasteiger partial charge in [-0.25, -0.2) is 12.8 Å². The highest BCUT2D eigenvalue weighted by atomic mass is 35.5. The maximum Gasteiger partial charge on any atom is 0.150 e. The number of sulfone groups is 1. The van der Waals surface area contributed by atoms with Crippen LogP contribution < -0.4 is 0 Å². The lowest BCUT2D eigenvalue weighted by Gasteiger charge is -2.17. The van der Waals surface area contributed by atoms with Crippen LogP contribution in [0.25, 0.3) is 0 Å². The van der Waals surface area contributed by atoms with Gasteiger partial charge in [0.05, 0.1) is 17.6 Å². The second-order valence-electron chi connectivity index (χ2n) is 4.27. The van der Waals surface area contributed by atoms with Crippen LogP contribution in [-0.4, -0.2) is 25.0 Å². The average molecular weight is 279 g/mol. The van der Waals surface area contributed by atoms with E-state index < -0.39 is 27.7 Å². The molecule has 3 nitrogen and oxygen atoms in total. The van der Waals surface area contributed by atoms with Crippen LogP contribution in [0.2, 0.25) is 5.02 Å². The van der Waals surface area contributed by atoms with Crippen molar-refractivity contribution in [2.24, 2.45) is 5.92 Å². The summed E-state index contributed by atoms with van der Waals surface area (Å²) in [4.78, 5) is 0. The third kappa shape index (κ3) is 2.78. The molecule has 6 heteroatoms. The number of halogens is 2. The maximum atomic E-state index is 13.6. The predicted molar refractivity (Wildman–Crippen MR) is 63.1 cm³/mol. The van der Waals surface area contributed by atoms with Crippen LogP contribution in [-0.2, 0) is 9.84 Å². The molecule has 0 spiro atoms. The minimum absolute atomic E-state index is 0.0595. The highest BCUT2D eigenvalue weighted by Gasteiger charge is 2.34. The van der Waals surface area contributed by atoms with Crippen molar-refractivity contribution in [3.05, 3.63) is 34.6 Å². The molecule has 0 aromatic heterocycles. The molecule has 1 aliphatic heterocycles. The van der Waals surface area contributed by atoms with Gasteiger partial charge in [-0.15, -0.1) is 0 Å². The molecule has 2 rings (SSSR count). The molecule has 94 valence electrons. The SMILES string of the molecule is O=S1(=O)CCC(C(O)c2ccc(Cl)cc2F)C1. The molecule has 0 saturated carbocycles. The van der Waals surface area contributed by atoms with Gasteiger partial charge in [-0.3, -0.25) is 0 Å². The third-order valence-electron chi connectivity index (χ3n) is 3.00. The first-order chi connectivity index (χ1) is 7.89. The van der Waals surface area contributed by atoms with Gasteiger partial charge in [-0.2, -0.15) is 0 Å². The molecule has 17 heavy (non-hydrogen) atoms. The Morgan fingerprint density at radius 1 is 1.47 bits per heavy atom. The fraction of sp³-hybridized carbons (Fsp3) is 0.455. The Labute approximate surface area is 104 Å². The van der Waals surface area contributed by atoms with E-state index in [4.69, 9.17) is 11.6 Å². The summed E-state index contributed by atoms with van der Waals surface area (Å²) in [5.74, 6) is -1.06. The molecule has 1 heterocycles. The molecule has 2 unspecified atom stereocenters. The number of aliphatic hydroxyl groups excluding tert-OH is 1. The van der Waals surface area contributed by atoms with Crippen LogP contribution in [0.15, 0.2) is 18.2 Å². The van der Waals surface area contributed by atoms with E-state index in [1.54, 1.807) is 0 Å². The fourth-order valence-electron chi connectivity index (χ4n) is 2.07. The Morgan fingerprint density at radius 3 is 2.71 bits per heavy atom. The summed E-state index contributed by atoms with van der Waals surface area (Å²) in [6.45, 7) is 0. The van der Waals surface area contributed by atoms with E-state index in [2.05, 4.69) is 0 Å². The summed E-state index contributed by atoms with van der Waals surface area (Å²) in [7, 11) is -3.08. The second-order valence-corrected chi connectivity index (χ2v) is 6.94. The molecule has 1 N–H and O–H groups in total. The van der Waals surface area contributed by atoms with Crippen LogP contribution in [0, 0.1) is 11.7 Å². The van der Waals surface area contributed by atoms with E-state index in [0.717, 1.165) is 6.07 Å². The lowest BCUT2D eigenvalue weighted by molar-refractivity contribution is 0.117. The van der Waals surface area contributed by atoms with Gasteiger partial charge in [0.15, 0.2) is 9.84 Å². The van der Waals surface area contributed by atoms with Crippen molar-refractivity contribution in [1.29, 1.82) is 0 Å².